The standard InChI is InChI=1S/C6H15N3O3S/c1-2-5(3-7)13(11,12)9-4-6(8)10/h5,9H,2-4,7H2,1H3,(H2,8,10). The van der Waals surface area contributed by atoms with Crippen molar-refractivity contribution in [1.82, 2.24) is 4.72 Å². The van der Waals surface area contributed by atoms with Crippen LogP contribution >= 0.6 is 0 Å². The largest absolute Gasteiger partial charge is 0.369 e. The molecule has 0 bridgehead atoms. The first-order valence-electron chi connectivity index (χ1n) is 3.90. The summed E-state index contributed by atoms with van der Waals surface area (Å²) in [6, 6.07) is 0. The number of carbonyl (C=O) groups is 1. The minimum atomic E-state index is -3.49. The van der Waals surface area contributed by atoms with Gasteiger partial charge in [0.25, 0.3) is 0 Å². The zero-order valence-electron chi connectivity index (χ0n) is 7.49. The molecule has 13 heavy (non-hydrogen) atoms. The molecule has 1 amide bonds. The van der Waals surface area contributed by atoms with Crippen LogP contribution in [0.4, 0.5) is 0 Å². The summed E-state index contributed by atoms with van der Waals surface area (Å²) in [5, 5.41) is -0.660. The summed E-state index contributed by atoms with van der Waals surface area (Å²) in [6.45, 7) is 1.37. The number of hydrogen-bond acceptors (Lipinski definition) is 4. The summed E-state index contributed by atoms with van der Waals surface area (Å²) < 4.78 is 24.7. The maximum Gasteiger partial charge on any atom is 0.232 e. The van der Waals surface area contributed by atoms with Gasteiger partial charge in [-0.2, -0.15) is 0 Å². The average Bonchev–Trinajstić information content (AvgIpc) is 2.03. The highest BCUT2D eigenvalue weighted by molar-refractivity contribution is 7.90. The van der Waals surface area contributed by atoms with Crippen molar-refractivity contribution in [2.75, 3.05) is 13.1 Å². The fourth-order valence-electron chi connectivity index (χ4n) is 0.802. The maximum absolute atomic E-state index is 11.3. The van der Waals surface area contributed by atoms with E-state index < -0.39 is 21.2 Å². The van der Waals surface area contributed by atoms with Gasteiger partial charge in [-0.3, -0.25) is 4.79 Å². The quantitative estimate of drug-likeness (QED) is 0.475. The highest BCUT2D eigenvalue weighted by Gasteiger charge is 2.21. The molecule has 5 N–H and O–H groups in total. The molecule has 1 atom stereocenters. The number of hydrogen-bond donors (Lipinski definition) is 3. The van der Waals surface area contributed by atoms with Crippen molar-refractivity contribution < 1.29 is 13.2 Å². The lowest BCUT2D eigenvalue weighted by Crippen LogP contribution is -2.42. The lowest BCUT2D eigenvalue weighted by Gasteiger charge is -2.13. The Morgan fingerprint density at radius 1 is 1.54 bits per heavy atom. The van der Waals surface area contributed by atoms with Crippen molar-refractivity contribution in [1.29, 1.82) is 0 Å². The van der Waals surface area contributed by atoms with E-state index in [0.29, 0.717) is 6.42 Å². The Labute approximate surface area is 77.7 Å². The fourth-order valence-corrected chi connectivity index (χ4v) is 2.07. The van der Waals surface area contributed by atoms with E-state index in [4.69, 9.17) is 11.5 Å². The highest BCUT2D eigenvalue weighted by atomic mass is 32.2. The third-order valence-corrected chi connectivity index (χ3v) is 3.55. The zero-order valence-corrected chi connectivity index (χ0v) is 8.30. The summed E-state index contributed by atoms with van der Waals surface area (Å²) in [5.41, 5.74) is 10.0. The van der Waals surface area contributed by atoms with Gasteiger partial charge in [-0.15, -0.1) is 0 Å². The molecule has 1 unspecified atom stereocenters. The molecule has 0 aliphatic heterocycles. The minimum Gasteiger partial charge on any atom is -0.369 e. The van der Waals surface area contributed by atoms with E-state index in [1.54, 1.807) is 6.92 Å². The van der Waals surface area contributed by atoms with Crippen LogP contribution in [0, 0.1) is 0 Å². The summed E-state index contributed by atoms with van der Waals surface area (Å²) in [5.74, 6) is -0.713. The second-order valence-electron chi connectivity index (χ2n) is 2.60. The number of sulfonamides is 1. The number of nitrogens with two attached hydrogens (primary N) is 2. The Kier molecular flexibility index (Phi) is 4.89. The van der Waals surface area contributed by atoms with Crippen molar-refractivity contribution in [2.24, 2.45) is 11.5 Å². The molecule has 0 spiro atoms. The SMILES string of the molecule is CCC(CN)S(=O)(=O)NCC(N)=O. The molecule has 0 fully saturated rings. The van der Waals surface area contributed by atoms with Gasteiger partial charge in [-0.1, -0.05) is 6.92 Å². The van der Waals surface area contributed by atoms with Crippen LogP contribution in [0.5, 0.6) is 0 Å². The van der Waals surface area contributed by atoms with Crippen LogP contribution in [0.1, 0.15) is 13.3 Å². The Balaban J connectivity index is 4.30. The van der Waals surface area contributed by atoms with Gasteiger partial charge < -0.3 is 11.5 Å². The average molecular weight is 209 g/mol. The Hall–Kier alpha value is -0.660. The maximum atomic E-state index is 11.3. The monoisotopic (exact) mass is 209 g/mol. The molecule has 0 saturated carbocycles. The topological polar surface area (TPSA) is 115 Å². The van der Waals surface area contributed by atoms with Gasteiger partial charge in [-0.25, -0.2) is 13.1 Å². The van der Waals surface area contributed by atoms with Crippen LogP contribution in [0.25, 0.3) is 0 Å². The summed E-state index contributed by atoms with van der Waals surface area (Å²) in [6.07, 6.45) is 0.407. The van der Waals surface area contributed by atoms with Crippen LogP contribution in [0.2, 0.25) is 0 Å². The van der Waals surface area contributed by atoms with Gasteiger partial charge in [0.2, 0.25) is 15.9 Å². The lowest BCUT2D eigenvalue weighted by molar-refractivity contribution is -0.116. The highest BCUT2D eigenvalue weighted by Crippen LogP contribution is 2.01. The fraction of sp³-hybridized carbons (Fsp3) is 0.833. The molecule has 7 heteroatoms. The third-order valence-electron chi connectivity index (χ3n) is 1.60. The van der Waals surface area contributed by atoms with Crippen LogP contribution in [0.15, 0.2) is 0 Å². The van der Waals surface area contributed by atoms with E-state index in [1.165, 1.54) is 0 Å². The number of primary amides is 1. The van der Waals surface area contributed by atoms with Gasteiger partial charge in [0.1, 0.15) is 0 Å². The molecule has 0 aromatic rings. The van der Waals surface area contributed by atoms with E-state index in [9.17, 15) is 13.2 Å². The number of amides is 1. The predicted molar refractivity (Wildman–Crippen MR) is 49.3 cm³/mol. The van der Waals surface area contributed by atoms with Crippen molar-refractivity contribution in [3.8, 4) is 0 Å². The molecule has 0 saturated heterocycles. The Morgan fingerprint density at radius 2 is 2.08 bits per heavy atom. The van der Waals surface area contributed by atoms with Gasteiger partial charge in [0.05, 0.1) is 11.8 Å². The normalized spacial score (nSPS) is 14.0. The number of rotatable bonds is 6. The first kappa shape index (κ1) is 12.3. The van der Waals surface area contributed by atoms with Gasteiger partial charge in [-0.05, 0) is 6.42 Å². The minimum absolute atomic E-state index is 0.0323. The molecule has 78 valence electrons. The smallest absolute Gasteiger partial charge is 0.232 e. The molecule has 0 aromatic heterocycles. The van der Waals surface area contributed by atoms with E-state index in [1.807, 2.05) is 0 Å². The van der Waals surface area contributed by atoms with Gasteiger partial charge in [0.15, 0.2) is 0 Å². The second kappa shape index (κ2) is 5.15. The lowest BCUT2D eigenvalue weighted by atomic mass is 10.3. The first-order valence-corrected chi connectivity index (χ1v) is 5.45. The summed E-state index contributed by atoms with van der Waals surface area (Å²) in [4.78, 5) is 10.3. The zero-order chi connectivity index (χ0) is 10.5. The molecule has 0 heterocycles. The van der Waals surface area contributed by atoms with Crippen molar-refractivity contribution in [3.05, 3.63) is 0 Å². The van der Waals surface area contributed by atoms with E-state index >= 15 is 0 Å². The molecule has 0 aromatic carbocycles. The van der Waals surface area contributed by atoms with E-state index in [0.717, 1.165) is 0 Å². The summed E-state index contributed by atoms with van der Waals surface area (Å²) in [7, 11) is -3.49. The predicted octanol–water partition coefficient (Wildman–Crippen LogP) is -1.87. The number of nitrogens with one attached hydrogen (secondary N) is 1. The van der Waals surface area contributed by atoms with Crippen LogP contribution in [-0.2, 0) is 14.8 Å². The summed E-state index contributed by atoms with van der Waals surface area (Å²) >= 11 is 0. The van der Waals surface area contributed by atoms with Gasteiger partial charge in [0, 0.05) is 6.54 Å². The van der Waals surface area contributed by atoms with Crippen molar-refractivity contribution >= 4 is 15.9 Å². The molecular formula is C6H15N3O3S. The van der Waals surface area contributed by atoms with Crippen LogP contribution in [-0.4, -0.2) is 32.7 Å². The van der Waals surface area contributed by atoms with Gasteiger partial charge >= 0.3 is 0 Å². The van der Waals surface area contributed by atoms with E-state index in [-0.39, 0.29) is 13.1 Å². The Morgan fingerprint density at radius 3 is 2.38 bits per heavy atom. The molecule has 0 aliphatic carbocycles. The van der Waals surface area contributed by atoms with Crippen molar-refractivity contribution in [2.45, 2.75) is 18.6 Å². The molecule has 6 nitrogen and oxygen atoms in total. The molecule has 0 aliphatic rings. The van der Waals surface area contributed by atoms with Crippen LogP contribution < -0.4 is 16.2 Å². The first-order chi connectivity index (χ1) is 5.94. The Bertz CT molecular complexity index is 258. The number of carbonyl (C=O) groups excluding carboxylic acids is 1. The molecule has 0 radical (unpaired) electrons. The van der Waals surface area contributed by atoms with E-state index in [2.05, 4.69) is 4.72 Å². The molecule has 0 rings (SSSR count). The molecular weight excluding hydrogens is 194 g/mol. The second-order valence-corrected chi connectivity index (χ2v) is 4.64. The third kappa shape index (κ3) is 4.20. The van der Waals surface area contributed by atoms with Crippen LogP contribution in [0.3, 0.4) is 0 Å². The van der Waals surface area contributed by atoms with Crippen molar-refractivity contribution in [3.63, 3.8) is 0 Å².